The number of carbonyl (C=O) groups excluding carboxylic acids is 2. The van der Waals surface area contributed by atoms with Gasteiger partial charge >= 0.3 is 11.9 Å². The Morgan fingerprint density at radius 3 is 1.29 bits per heavy atom. The molecule has 1 saturated carbocycles. The maximum atomic E-state index is 11.5. The van der Waals surface area contributed by atoms with E-state index in [-0.39, 0.29) is 11.9 Å². The Hall–Kier alpha value is -2.62. The molecule has 0 heterocycles. The number of benzene rings is 2. The fourth-order valence-electron chi connectivity index (χ4n) is 3.27. The summed E-state index contributed by atoms with van der Waals surface area (Å²) < 4.78 is 9.46. The molecular weight excluding hydrogens is 304 g/mol. The quantitative estimate of drug-likeness (QED) is 0.800. The lowest BCUT2D eigenvalue weighted by Gasteiger charge is -2.37. The second-order valence-corrected chi connectivity index (χ2v) is 6.02. The predicted octanol–water partition coefficient (Wildman–Crippen LogP) is 3.92. The lowest BCUT2D eigenvalue weighted by molar-refractivity contribution is 0.0591. The Kier molecular flexibility index (Phi) is 4.65. The highest BCUT2D eigenvalue weighted by atomic mass is 16.5. The first-order valence-electron chi connectivity index (χ1n) is 8.00. The first kappa shape index (κ1) is 16.2. The number of hydrogen-bond donors (Lipinski definition) is 0. The molecule has 0 spiro atoms. The fraction of sp³-hybridized carbons (Fsp3) is 0.300. The summed E-state index contributed by atoms with van der Waals surface area (Å²) >= 11 is 0. The summed E-state index contributed by atoms with van der Waals surface area (Å²) in [7, 11) is 2.77. The molecule has 1 aliphatic rings. The molecule has 4 nitrogen and oxygen atoms in total. The van der Waals surface area contributed by atoms with Crippen LogP contribution in [-0.4, -0.2) is 26.2 Å². The smallest absolute Gasteiger partial charge is 0.337 e. The molecule has 0 unspecified atom stereocenters. The van der Waals surface area contributed by atoms with Crippen molar-refractivity contribution in [3.05, 3.63) is 70.8 Å². The molecule has 0 radical (unpaired) electrons. The van der Waals surface area contributed by atoms with E-state index in [0.29, 0.717) is 23.0 Å². The molecule has 1 fully saturated rings. The maximum Gasteiger partial charge on any atom is 0.337 e. The third-order valence-corrected chi connectivity index (χ3v) is 4.79. The molecule has 0 bridgehead atoms. The summed E-state index contributed by atoms with van der Waals surface area (Å²) in [4.78, 5) is 23.0. The largest absolute Gasteiger partial charge is 0.465 e. The zero-order valence-corrected chi connectivity index (χ0v) is 13.8. The van der Waals surface area contributed by atoms with Gasteiger partial charge in [0.2, 0.25) is 0 Å². The lowest BCUT2D eigenvalue weighted by atomic mass is 9.67. The van der Waals surface area contributed by atoms with Crippen LogP contribution in [0.2, 0.25) is 0 Å². The van der Waals surface area contributed by atoms with Crippen molar-refractivity contribution in [2.75, 3.05) is 14.2 Å². The van der Waals surface area contributed by atoms with Crippen molar-refractivity contribution in [3.8, 4) is 0 Å². The van der Waals surface area contributed by atoms with E-state index in [2.05, 4.69) is 0 Å². The first-order valence-corrected chi connectivity index (χ1v) is 8.00. The minimum atomic E-state index is -0.315. The van der Waals surface area contributed by atoms with Crippen LogP contribution in [-0.2, 0) is 9.47 Å². The van der Waals surface area contributed by atoms with Gasteiger partial charge in [-0.15, -0.1) is 0 Å². The zero-order valence-electron chi connectivity index (χ0n) is 13.8. The van der Waals surface area contributed by atoms with E-state index >= 15 is 0 Å². The minimum Gasteiger partial charge on any atom is -0.465 e. The van der Waals surface area contributed by atoms with E-state index in [0.717, 1.165) is 12.8 Å². The van der Waals surface area contributed by atoms with Gasteiger partial charge in [0.15, 0.2) is 0 Å². The van der Waals surface area contributed by atoms with Gasteiger partial charge in [-0.25, -0.2) is 9.59 Å². The Morgan fingerprint density at radius 1 is 0.708 bits per heavy atom. The number of carbonyl (C=O) groups is 2. The molecule has 0 amide bonds. The Bertz CT molecular complexity index is 666. The van der Waals surface area contributed by atoms with Crippen LogP contribution in [0.15, 0.2) is 48.5 Å². The van der Waals surface area contributed by atoms with Gasteiger partial charge < -0.3 is 9.47 Å². The summed E-state index contributed by atoms with van der Waals surface area (Å²) in [6.07, 6.45) is 2.25. The average molecular weight is 324 g/mol. The minimum absolute atomic E-state index is 0.315. The monoisotopic (exact) mass is 324 g/mol. The number of hydrogen-bond acceptors (Lipinski definition) is 4. The van der Waals surface area contributed by atoms with Gasteiger partial charge in [-0.1, -0.05) is 24.3 Å². The van der Waals surface area contributed by atoms with Gasteiger partial charge in [0.25, 0.3) is 0 Å². The fourth-order valence-corrected chi connectivity index (χ4v) is 3.27. The van der Waals surface area contributed by atoms with Gasteiger partial charge in [-0.05, 0) is 60.1 Å². The van der Waals surface area contributed by atoms with E-state index in [9.17, 15) is 9.59 Å². The summed E-state index contributed by atoms with van der Waals surface area (Å²) in [5.41, 5.74) is 3.60. The van der Waals surface area contributed by atoms with Crippen LogP contribution in [0.1, 0.15) is 56.5 Å². The summed E-state index contributed by atoms with van der Waals surface area (Å²) in [6, 6.07) is 15.3. The van der Waals surface area contributed by atoms with Crippen LogP contribution < -0.4 is 0 Å². The summed E-state index contributed by atoms with van der Waals surface area (Å²) in [6.45, 7) is 0. The van der Waals surface area contributed by atoms with Crippen molar-refractivity contribution < 1.29 is 19.1 Å². The van der Waals surface area contributed by atoms with E-state index in [4.69, 9.17) is 9.47 Å². The molecular formula is C20H20O4. The van der Waals surface area contributed by atoms with Crippen molar-refractivity contribution >= 4 is 11.9 Å². The average Bonchev–Trinajstić information content (AvgIpc) is 2.60. The molecule has 2 aromatic carbocycles. The van der Waals surface area contributed by atoms with Crippen LogP contribution in [0.5, 0.6) is 0 Å². The van der Waals surface area contributed by atoms with Gasteiger partial charge in [-0.3, -0.25) is 0 Å². The number of esters is 2. The first-order chi connectivity index (χ1) is 11.6. The van der Waals surface area contributed by atoms with E-state index in [1.165, 1.54) is 25.3 Å². The normalized spacial score (nSPS) is 19.2. The Balaban J connectivity index is 1.74. The summed E-state index contributed by atoms with van der Waals surface area (Å²) in [5.74, 6) is 0.261. The highest BCUT2D eigenvalue weighted by molar-refractivity contribution is 5.89. The van der Waals surface area contributed by atoms with Crippen LogP contribution in [0, 0.1) is 0 Å². The van der Waals surface area contributed by atoms with Crippen molar-refractivity contribution in [1.29, 1.82) is 0 Å². The van der Waals surface area contributed by atoms with E-state index in [1.807, 2.05) is 48.5 Å². The maximum absolute atomic E-state index is 11.5. The van der Waals surface area contributed by atoms with Crippen LogP contribution in [0.25, 0.3) is 0 Å². The highest BCUT2D eigenvalue weighted by Gasteiger charge is 2.33. The van der Waals surface area contributed by atoms with E-state index < -0.39 is 0 Å². The topological polar surface area (TPSA) is 52.6 Å². The van der Waals surface area contributed by atoms with Crippen LogP contribution in [0.3, 0.4) is 0 Å². The molecule has 2 atom stereocenters. The van der Waals surface area contributed by atoms with Gasteiger partial charge in [0.05, 0.1) is 25.3 Å². The third-order valence-electron chi connectivity index (χ3n) is 4.79. The molecule has 3 rings (SSSR count). The molecule has 0 aromatic heterocycles. The number of ether oxygens (including phenoxy) is 2. The molecule has 2 aromatic rings. The van der Waals surface area contributed by atoms with Gasteiger partial charge in [0.1, 0.15) is 0 Å². The highest BCUT2D eigenvalue weighted by Crippen LogP contribution is 2.49. The molecule has 0 saturated heterocycles. The Morgan fingerprint density at radius 2 is 1.04 bits per heavy atom. The molecule has 1 aliphatic carbocycles. The molecule has 0 aliphatic heterocycles. The standard InChI is InChI=1S/C20H20O4/c1-23-19(21)15-7-3-13(4-8-15)17-11-12-18(17)14-5-9-16(10-6-14)20(22)24-2/h3-10,17-18H,11-12H2,1-2H3/t17-,18+. The number of rotatable bonds is 4. The van der Waals surface area contributed by atoms with Gasteiger partial charge in [-0.2, -0.15) is 0 Å². The Labute approximate surface area is 141 Å². The molecule has 0 N–H and O–H groups in total. The lowest BCUT2D eigenvalue weighted by Crippen LogP contribution is -2.22. The van der Waals surface area contributed by atoms with Gasteiger partial charge in [0, 0.05) is 0 Å². The third kappa shape index (κ3) is 3.04. The second-order valence-electron chi connectivity index (χ2n) is 6.02. The van der Waals surface area contributed by atoms with Crippen molar-refractivity contribution in [2.45, 2.75) is 24.7 Å². The van der Waals surface area contributed by atoms with Crippen molar-refractivity contribution in [2.24, 2.45) is 0 Å². The molecule has 24 heavy (non-hydrogen) atoms. The van der Waals surface area contributed by atoms with Crippen molar-refractivity contribution in [3.63, 3.8) is 0 Å². The predicted molar refractivity (Wildman–Crippen MR) is 90.3 cm³/mol. The van der Waals surface area contributed by atoms with Crippen LogP contribution >= 0.6 is 0 Å². The molecule has 4 heteroatoms. The SMILES string of the molecule is COC(=O)c1ccc([C@H]2CC[C@H]2c2ccc(C(=O)OC)cc2)cc1. The molecule has 124 valence electrons. The second kappa shape index (κ2) is 6.87. The van der Waals surface area contributed by atoms with Crippen LogP contribution in [0.4, 0.5) is 0 Å². The number of methoxy groups -OCH3 is 2. The zero-order chi connectivity index (χ0) is 17.1. The van der Waals surface area contributed by atoms with E-state index in [1.54, 1.807) is 0 Å². The summed E-state index contributed by atoms with van der Waals surface area (Å²) in [5, 5.41) is 0. The van der Waals surface area contributed by atoms with Crippen molar-refractivity contribution in [1.82, 2.24) is 0 Å².